The van der Waals surface area contributed by atoms with Gasteiger partial charge in [-0.15, -0.1) is 0 Å². The third-order valence-electron chi connectivity index (χ3n) is 6.36. The van der Waals surface area contributed by atoms with Crippen LogP contribution in [0.5, 0.6) is 11.5 Å². The average Bonchev–Trinajstić information content (AvgIpc) is 2.91. The Bertz CT molecular complexity index is 1470. The lowest BCUT2D eigenvalue weighted by atomic mass is 10.1. The maximum absolute atomic E-state index is 6.12. The van der Waals surface area contributed by atoms with Gasteiger partial charge in [-0.2, -0.15) is 9.13 Å². The van der Waals surface area contributed by atoms with Crippen molar-refractivity contribution >= 4 is 21.8 Å². The summed E-state index contributed by atoms with van der Waals surface area (Å²) in [6.45, 7) is 1.64. The van der Waals surface area contributed by atoms with E-state index in [1.54, 1.807) is 0 Å². The number of nitrogens with zero attached hydrogens (tertiary/aromatic N) is 2. The molecule has 0 bridgehead atoms. The van der Waals surface area contributed by atoms with Gasteiger partial charge in [0.15, 0.2) is 25.5 Å². The molecule has 3 heteroatoms. The van der Waals surface area contributed by atoms with Crippen LogP contribution in [-0.4, -0.2) is 0 Å². The summed E-state index contributed by atoms with van der Waals surface area (Å²) in [5, 5.41) is 2.49. The Morgan fingerprint density at radius 1 is 0.429 bits per heavy atom. The molecule has 0 atom stereocenters. The van der Waals surface area contributed by atoms with E-state index < -0.39 is 0 Å². The summed E-state index contributed by atoms with van der Waals surface area (Å²) in [7, 11) is 0. The van der Waals surface area contributed by atoms with Crippen LogP contribution in [0.25, 0.3) is 21.8 Å². The van der Waals surface area contributed by atoms with Crippen molar-refractivity contribution in [1.29, 1.82) is 0 Å². The van der Waals surface area contributed by atoms with Crippen LogP contribution in [0.3, 0.4) is 0 Å². The second kappa shape index (κ2) is 9.40. The van der Waals surface area contributed by atoms with E-state index in [4.69, 9.17) is 4.74 Å². The average molecular weight is 455 g/mol. The van der Waals surface area contributed by atoms with E-state index in [0.717, 1.165) is 24.6 Å². The van der Waals surface area contributed by atoms with Crippen molar-refractivity contribution in [3.05, 3.63) is 145 Å². The molecule has 0 spiro atoms. The van der Waals surface area contributed by atoms with Gasteiger partial charge in [-0.25, -0.2) is 0 Å². The van der Waals surface area contributed by atoms with E-state index in [-0.39, 0.29) is 0 Å². The van der Waals surface area contributed by atoms with Crippen LogP contribution < -0.4 is 13.9 Å². The van der Waals surface area contributed by atoms with E-state index in [1.807, 2.05) is 24.3 Å². The Morgan fingerprint density at radius 2 is 0.829 bits per heavy atom. The number of benzene rings is 4. The van der Waals surface area contributed by atoms with Gasteiger partial charge in [0, 0.05) is 46.2 Å². The van der Waals surface area contributed by atoms with Crippen LogP contribution in [0.4, 0.5) is 0 Å². The lowest BCUT2D eigenvalue weighted by molar-refractivity contribution is -0.662. The molecule has 2 heterocycles. The quantitative estimate of drug-likeness (QED) is 0.264. The molecule has 35 heavy (non-hydrogen) atoms. The second-order valence-corrected chi connectivity index (χ2v) is 8.78. The van der Waals surface area contributed by atoms with Crippen LogP contribution in [-0.2, 0) is 13.1 Å². The smallest absolute Gasteiger partial charge is 0.212 e. The summed E-state index contributed by atoms with van der Waals surface area (Å²) >= 11 is 0. The van der Waals surface area contributed by atoms with Gasteiger partial charge in [-0.1, -0.05) is 24.3 Å². The molecule has 0 amide bonds. The molecule has 6 aromatic rings. The minimum absolute atomic E-state index is 0.822. The SMILES string of the molecule is c1ccc2c(c1)ccc[n+]2Cc1ccc(Oc2ccc(C[n+]3cccc4ccccc43)cc2)cc1. The van der Waals surface area contributed by atoms with E-state index in [1.165, 1.54) is 32.9 Å². The van der Waals surface area contributed by atoms with Crippen LogP contribution in [0, 0.1) is 0 Å². The first-order chi connectivity index (χ1) is 17.3. The largest absolute Gasteiger partial charge is 0.457 e. The third-order valence-corrected chi connectivity index (χ3v) is 6.36. The summed E-state index contributed by atoms with van der Waals surface area (Å²) in [4.78, 5) is 0. The van der Waals surface area contributed by atoms with Crippen molar-refractivity contribution in [1.82, 2.24) is 0 Å². The fourth-order valence-electron chi connectivity index (χ4n) is 4.57. The maximum Gasteiger partial charge on any atom is 0.212 e. The lowest BCUT2D eigenvalue weighted by Crippen LogP contribution is -2.34. The summed E-state index contributed by atoms with van der Waals surface area (Å²) in [6, 6.07) is 42.1. The molecular weight excluding hydrogens is 428 g/mol. The van der Waals surface area contributed by atoms with Gasteiger partial charge < -0.3 is 4.74 Å². The Kier molecular flexibility index (Phi) is 5.65. The molecule has 0 N–H and O–H groups in total. The van der Waals surface area contributed by atoms with Gasteiger partial charge in [-0.05, 0) is 72.8 Å². The zero-order valence-electron chi connectivity index (χ0n) is 19.4. The number of hydrogen-bond donors (Lipinski definition) is 0. The normalized spacial score (nSPS) is 11.1. The molecule has 0 radical (unpaired) electrons. The lowest BCUT2D eigenvalue weighted by Gasteiger charge is -2.08. The first-order valence-electron chi connectivity index (χ1n) is 11.9. The van der Waals surface area contributed by atoms with E-state index in [0.29, 0.717) is 0 Å². The zero-order chi connectivity index (χ0) is 23.5. The molecule has 4 aromatic carbocycles. The third kappa shape index (κ3) is 4.62. The van der Waals surface area contributed by atoms with Crippen molar-refractivity contribution in [2.24, 2.45) is 0 Å². The number of fused-ring (bicyclic) bond motifs is 2. The monoisotopic (exact) mass is 454 g/mol. The molecule has 168 valence electrons. The summed E-state index contributed by atoms with van der Waals surface area (Å²) in [5.74, 6) is 1.68. The summed E-state index contributed by atoms with van der Waals surface area (Å²) in [5.41, 5.74) is 4.94. The van der Waals surface area contributed by atoms with Crippen LogP contribution >= 0.6 is 0 Å². The Morgan fingerprint density at radius 3 is 1.29 bits per heavy atom. The maximum atomic E-state index is 6.12. The summed E-state index contributed by atoms with van der Waals surface area (Å²) < 4.78 is 10.7. The van der Waals surface area contributed by atoms with E-state index >= 15 is 0 Å². The first-order valence-corrected chi connectivity index (χ1v) is 11.9. The molecular formula is C32H26N2O+2. The van der Waals surface area contributed by atoms with Gasteiger partial charge in [0.25, 0.3) is 0 Å². The summed E-state index contributed by atoms with van der Waals surface area (Å²) in [6.07, 6.45) is 4.26. The first kappa shape index (κ1) is 21.1. The van der Waals surface area contributed by atoms with Gasteiger partial charge in [-0.3, -0.25) is 0 Å². The molecule has 0 aliphatic rings. The molecule has 0 fully saturated rings. The number of rotatable bonds is 6. The minimum Gasteiger partial charge on any atom is -0.457 e. The van der Waals surface area contributed by atoms with Gasteiger partial charge in [0.2, 0.25) is 11.0 Å². The molecule has 0 saturated carbocycles. The van der Waals surface area contributed by atoms with E-state index in [9.17, 15) is 0 Å². The Hall–Kier alpha value is -4.50. The van der Waals surface area contributed by atoms with Crippen molar-refractivity contribution < 1.29 is 13.9 Å². The number of aromatic nitrogens is 2. The van der Waals surface area contributed by atoms with Gasteiger partial charge in [0.05, 0.1) is 0 Å². The van der Waals surface area contributed by atoms with Crippen LogP contribution in [0.15, 0.2) is 134 Å². The predicted molar refractivity (Wildman–Crippen MR) is 139 cm³/mol. The molecule has 3 nitrogen and oxygen atoms in total. The fourth-order valence-corrected chi connectivity index (χ4v) is 4.57. The highest BCUT2D eigenvalue weighted by atomic mass is 16.5. The number of ether oxygens (including phenoxy) is 1. The van der Waals surface area contributed by atoms with Crippen LogP contribution in [0.1, 0.15) is 11.1 Å². The molecule has 0 saturated heterocycles. The van der Waals surface area contributed by atoms with Crippen molar-refractivity contribution in [3.8, 4) is 11.5 Å². The fraction of sp³-hybridized carbons (Fsp3) is 0.0625. The topological polar surface area (TPSA) is 17.0 Å². The zero-order valence-corrected chi connectivity index (χ0v) is 19.4. The highest BCUT2D eigenvalue weighted by Crippen LogP contribution is 2.22. The second-order valence-electron chi connectivity index (χ2n) is 8.78. The van der Waals surface area contributed by atoms with Crippen molar-refractivity contribution in [2.45, 2.75) is 13.1 Å². The van der Waals surface area contributed by atoms with Gasteiger partial charge in [0.1, 0.15) is 11.5 Å². The number of para-hydroxylation sites is 2. The van der Waals surface area contributed by atoms with Crippen molar-refractivity contribution in [3.63, 3.8) is 0 Å². The number of hydrogen-bond acceptors (Lipinski definition) is 1. The van der Waals surface area contributed by atoms with Gasteiger partial charge >= 0.3 is 0 Å². The minimum atomic E-state index is 0.822. The molecule has 0 unspecified atom stereocenters. The number of pyridine rings is 2. The molecule has 0 aliphatic heterocycles. The molecule has 2 aromatic heterocycles. The van der Waals surface area contributed by atoms with Crippen LogP contribution in [0.2, 0.25) is 0 Å². The standard InChI is InChI=1S/C32H26N2O/c1-3-11-31-27(7-1)9-5-21-33(31)23-25-13-17-29(18-14-25)35-30-19-15-26(16-20-30)24-34-22-6-10-28-8-2-4-12-32(28)34/h1-22H,23-24H2/q+2. The Labute approximate surface area is 205 Å². The highest BCUT2D eigenvalue weighted by molar-refractivity contribution is 5.75. The predicted octanol–water partition coefficient (Wildman–Crippen LogP) is 6.46. The highest BCUT2D eigenvalue weighted by Gasteiger charge is 2.10. The van der Waals surface area contributed by atoms with Crippen molar-refractivity contribution in [2.75, 3.05) is 0 Å². The molecule has 0 aliphatic carbocycles. The Balaban J connectivity index is 1.13. The molecule has 6 rings (SSSR count). The van der Waals surface area contributed by atoms with E-state index in [2.05, 4.69) is 119 Å².